The largest absolute Gasteiger partial charge is 0.507 e. The van der Waals surface area contributed by atoms with Gasteiger partial charge in [-0.05, 0) is 17.7 Å². The molecule has 0 aromatic heterocycles. The van der Waals surface area contributed by atoms with E-state index in [0.29, 0.717) is 11.6 Å². The van der Waals surface area contributed by atoms with Crippen molar-refractivity contribution in [3.63, 3.8) is 0 Å². The first-order valence-electron chi connectivity index (χ1n) is 4.99. The number of aromatic hydroxyl groups is 1. The smallest absolute Gasteiger partial charge is 0.123 e. The molecule has 0 saturated heterocycles. The van der Waals surface area contributed by atoms with Gasteiger partial charge in [0.2, 0.25) is 0 Å². The highest BCUT2D eigenvalue weighted by molar-refractivity contribution is 6.33. The van der Waals surface area contributed by atoms with Gasteiger partial charge < -0.3 is 10.8 Å². The van der Waals surface area contributed by atoms with Gasteiger partial charge in [0.25, 0.3) is 0 Å². The van der Waals surface area contributed by atoms with Crippen LogP contribution in [0.3, 0.4) is 0 Å². The highest BCUT2D eigenvalue weighted by Crippen LogP contribution is 2.34. The van der Waals surface area contributed by atoms with Crippen LogP contribution in [0.1, 0.15) is 5.56 Å². The molecule has 0 atom stereocenters. The van der Waals surface area contributed by atoms with Crippen molar-refractivity contribution < 1.29 is 5.11 Å². The van der Waals surface area contributed by atoms with Crippen molar-refractivity contribution in [2.24, 2.45) is 5.73 Å². The fourth-order valence-corrected chi connectivity index (χ4v) is 1.91. The zero-order valence-electron chi connectivity index (χ0n) is 8.65. The molecule has 0 spiro atoms. The summed E-state index contributed by atoms with van der Waals surface area (Å²) in [6.45, 7) is 0.459. The third-order valence-electron chi connectivity index (χ3n) is 2.46. The number of phenolic OH excluding ortho intramolecular Hbond substituents is 1. The third kappa shape index (κ3) is 2.03. The van der Waals surface area contributed by atoms with Crippen molar-refractivity contribution in [1.29, 1.82) is 0 Å². The SMILES string of the molecule is NCc1ccc(-c2ccccc2O)c(Cl)c1. The lowest BCUT2D eigenvalue weighted by Crippen LogP contribution is -1.95. The maximum atomic E-state index is 9.73. The molecular weight excluding hydrogens is 222 g/mol. The van der Waals surface area contributed by atoms with E-state index in [9.17, 15) is 5.11 Å². The number of halogens is 1. The van der Waals surface area contributed by atoms with Crippen molar-refractivity contribution in [2.75, 3.05) is 0 Å². The molecule has 0 aliphatic carbocycles. The first-order valence-corrected chi connectivity index (χ1v) is 5.37. The van der Waals surface area contributed by atoms with E-state index >= 15 is 0 Å². The molecule has 3 heteroatoms. The predicted molar refractivity (Wildman–Crippen MR) is 66.4 cm³/mol. The van der Waals surface area contributed by atoms with Crippen LogP contribution in [0, 0.1) is 0 Å². The fourth-order valence-electron chi connectivity index (χ4n) is 1.61. The molecule has 2 rings (SSSR count). The molecule has 0 radical (unpaired) electrons. The summed E-state index contributed by atoms with van der Waals surface area (Å²) in [6, 6.07) is 12.7. The maximum Gasteiger partial charge on any atom is 0.123 e. The minimum absolute atomic E-state index is 0.227. The number of hydrogen-bond donors (Lipinski definition) is 2. The normalized spacial score (nSPS) is 10.4. The van der Waals surface area contributed by atoms with Crippen LogP contribution in [0.15, 0.2) is 42.5 Å². The summed E-state index contributed by atoms with van der Waals surface area (Å²) >= 11 is 6.15. The summed E-state index contributed by atoms with van der Waals surface area (Å²) in [5, 5.41) is 10.3. The van der Waals surface area contributed by atoms with E-state index in [1.807, 2.05) is 30.3 Å². The minimum atomic E-state index is 0.227. The van der Waals surface area contributed by atoms with Crippen LogP contribution in [0.25, 0.3) is 11.1 Å². The van der Waals surface area contributed by atoms with Gasteiger partial charge in [-0.15, -0.1) is 0 Å². The van der Waals surface area contributed by atoms with Crippen LogP contribution >= 0.6 is 11.6 Å². The molecular formula is C13H12ClNO. The Kier molecular flexibility index (Phi) is 3.13. The molecule has 0 bridgehead atoms. The van der Waals surface area contributed by atoms with Crippen molar-refractivity contribution in [1.82, 2.24) is 0 Å². The first-order chi connectivity index (χ1) is 7.72. The molecule has 0 saturated carbocycles. The Morgan fingerprint density at radius 2 is 1.81 bits per heavy atom. The standard InChI is InChI=1S/C13H12ClNO/c14-12-7-9(8-15)5-6-10(12)11-3-1-2-4-13(11)16/h1-7,16H,8,15H2. The molecule has 16 heavy (non-hydrogen) atoms. The number of hydrogen-bond acceptors (Lipinski definition) is 2. The van der Waals surface area contributed by atoms with E-state index in [1.165, 1.54) is 0 Å². The molecule has 0 unspecified atom stereocenters. The van der Waals surface area contributed by atoms with Gasteiger partial charge in [-0.2, -0.15) is 0 Å². The second-order valence-corrected chi connectivity index (χ2v) is 3.94. The Labute approximate surface area is 99.3 Å². The second kappa shape index (κ2) is 4.56. The van der Waals surface area contributed by atoms with E-state index in [1.54, 1.807) is 12.1 Å². The molecule has 2 aromatic rings. The molecule has 0 fully saturated rings. The molecule has 0 aliphatic rings. The minimum Gasteiger partial charge on any atom is -0.507 e. The highest BCUT2D eigenvalue weighted by Gasteiger charge is 2.07. The van der Waals surface area contributed by atoms with Gasteiger partial charge in [0, 0.05) is 22.7 Å². The monoisotopic (exact) mass is 233 g/mol. The van der Waals surface area contributed by atoms with Crippen molar-refractivity contribution >= 4 is 11.6 Å². The lowest BCUT2D eigenvalue weighted by Gasteiger charge is -2.08. The van der Waals surface area contributed by atoms with Crippen LogP contribution < -0.4 is 5.73 Å². The number of rotatable bonds is 2. The van der Waals surface area contributed by atoms with Gasteiger partial charge in [-0.25, -0.2) is 0 Å². The summed E-state index contributed by atoms with van der Waals surface area (Å²) in [5.74, 6) is 0.227. The number of nitrogens with two attached hydrogens (primary N) is 1. The molecule has 3 N–H and O–H groups in total. The summed E-state index contributed by atoms with van der Waals surface area (Å²) in [7, 11) is 0. The predicted octanol–water partition coefficient (Wildman–Crippen LogP) is 3.17. The van der Waals surface area contributed by atoms with E-state index in [-0.39, 0.29) is 5.75 Å². The van der Waals surface area contributed by atoms with Crippen LogP contribution in [0.4, 0.5) is 0 Å². The average Bonchev–Trinajstić information content (AvgIpc) is 2.30. The molecule has 0 aliphatic heterocycles. The van der Waals surface area contributed by atoms with E-state index in [0.717, 1.165) is 16.7 Å². The Bertz CT molecular complexity index is 511. The van der Waals surface area contributed by atoms with Gasteiger partial charge in [-0.3, -0.25) is 0 Å². The molecule has 0 heterocycles. The zero-order valence-corrected chi connectivity index (χ0v) is 9.41. The summed E-state index contributed by atoms with van der Waals surface area (Å²) < 4.78 is 0. The quantitative estimate of drug-likeness (QED) is 0.837. The van der Waals surface area contributed by atoms with Gasteiger partial charge >= 0.3 is 0 Å². The Balaban J connectivity index is 2.53. The van der Waals surface area contributed by atoms with Gasteiger partial charge in [0.05, 0.1) is 0 Å². The van der Waals surface area contributed by atoms with Crippen LogP contribution in [0.5, 0.6) is 5.75 Å². The molecule has 2 aromatic carbocycles. The first kappa shape index (κ1) is 11.0. The topological polar surface area (TPSA) is 46.2 Å². The van der Waals surface area contributed by atoms with Crippen LogP contribution in [-0.2, 0) is 6.54 Å². The molecule has 82 valence electrons. The summed E-state index contributed by atoms with van der Waals surface area (Å²) in [4.78, 5) is 0. The van der Waals surface area contributed by atoms with E-state index in [2.05, 4.69) is 0 Å². The zero-order chi connectivity index (χ0) is 11.5. The van der Waals surface area contributed by atoms with Gasteiger partial charge in [-0.1, -0.05) is 41.9 Å². The molecule has 2 nitrogen and oxygen atoms in total. The van der Waals surface area contributed by atoms with Crippen molar-refractivity contribution in [3.8, 4) is 16.9 Å². The van der Waals surface area contributed by atoms with Gasteiger partial charge in [0.1, 0.15) is 5.75 Å². The fraction of sp³-hybridized carbons (Fsp3) is 0.0769. The Morgan fingerprint density at radius 3 is 2.44 bits per heavy atom. The number of para-hydroxylation sites is 1. The van der Waals surface area contributed by atoms with E-state index in [4.69, 9.17) is 17.3 Å². The number of phenols is 1. The summed E-state index contributed by atoms with van der Waals surface area (Å²) in [5.41, 5.74) is 8.05. The summed E-state index contributed by atoms with van der Waals surface area (Å²) in [6.07, 6.45) is 0. The van der Waals surface area contributed by atoms with Crippen molar-refractivity contribution in [2.45, 2.75) is 6.54 Å². The number of benzene rings is 2. The lowest BCUT2D eigenvalue weighted by molar-refractivity contribution is 0.477. The average molecular weight is 234 g/mol. The highest BCUT2D eigenvalue weighted by atomic mass is 35.5. The van der Waals surface area contributed by atoms with Crippen LogP contribution in [-0.4, -0.2) is 5.11 Å². The maximum absolute atomic E-state index is 9.73. The van der Waals surface area contributed by atoms with Crippen LogP contribution in [0.2, 0.25) is 5.02 Å². The Morgan fingerprint density at radius 1 is 1.06 bits per heavy atom. The van der Waals surface area contributed by atoms with E-state index < -0.39 is 0 Å². The lowest BCUT2D eigenvalue weighted by atomic mass is 10.0. The Hall–Kier alpha value is -1.51. The second-order valence-electron chi connectivity index (χ2n) is 3.54. The van der Waals surface area contributed by atoms with Crippen molar-refractivity contribution in [3.05, 3.63) is 53.1 Å². The molecule has 0 amide bonds. The van der Waals surface area contributed by atoms with Gasteiger partial charge in [0.15, 0.2) is 0 Å². The third-order valence-corrected chi connectivity index (χ3v) is 2.78.